The molecule has 0 saturated carbocycles. The summed E-state index contributed by atoms with van der Waals surface area (Å²) in [7, 11) is 0. The molecule has 0 fully saturated rings. The van der Waals surface area contributed by atoms with Crippen LogP contribution in [0.2, 0.25) is 0 Å². The van der Waals surface area contributed by atoms with Crippen LogP contribution in [0.5, 0.6) is 0 Å². The molecule has 0 saturated heterocycles. The average molecular weight is 180 g/mol. The third kappa shape index (κ3) is 2.71. The molecule has 1 aliphatic heterocycles. The summed E-state index contributed by atoms with van der Waals surface area (Å²) in [5, 5.41) is 4.73. The van der Waals surface area contributed by atoms with Crippen LogP contribution in [-0.2, 0) is 0 Å². The Kier molecular flexibility index (Phi) is 2.59. The molecule has 5 heteroatoms. The summed E-state index contributed by atoms with van der Waals surface area (Å²) in [5.74, 6) is 0.187. The van der Waals surface area contributed by atoms with Gasteiger partial charge >= 0.3 is 6.18 Å². The zero-order valence-electron chi connectivity index (χ0n) is 6.80. The minimum Gasteiger partial charge on any atom is -0.288 e. The van der Waals surface area contributed by atoms with E-state index >= 15 is 0 Å². The topological polar surface area (TPSA) is 15.6 Å². The van der Waals surface area contributed by atoms with Gasteiger partial charge in [0, 0.05) is 18.7 Å². The third-order valence-corrected chi connectivity index (χ3v) is 1.77. The van der Waals surface area contributed by atoms with Crippen LogP contribution in [0.4, 0.5) is 13.2 Å². The second-order valence-corrected chi connectivity index (χ2v) is 2.90. The van der Waals surface area contributed by atoms with E-state index < -0.39 is 12.7 Å². The predicted octanol–water partition coefficient (Wildman–Crippen LogP) is 1.88. The Hall–Kier alpha value is -0.740. The number of hydrogen-bond donors (Lipinski definition) is 0. The van der Waals surface area contributed by atoms with Crippen molar-refractivity contribution in [1.29, 1.82) is 0 Å². The van der Waals surface area contributed by atoms with Crippen molar-refractivity contribution in [3.63, 3.8) is 0 Å². The van der Waals surface area contributed by atoms with Gasteiger partial charge in [-0.05, 0) is 6.42 Å². The standard InChI is InChI=1S/C7H11F3N2/c1-2-6-3-11-12(4-6)5-7(8,9)10/h3,6H,2,4-5H2,1H3. The van der Waals surface area contributed by atoms with E-state index in [1.165, 1.54) is 0 Å². The van der Waals surface area contributed by atoms with Crippen LogP contribution in [0.1, 0.15) is 13.3 Å². The maximum atomic E-state index is 11.8. The SMILES string of the molecule is CCC1C=NN(CC(F)(F)F)C1. The lowest BCUT2D eigenvalue weighted by atomic mass is 10.1. The quantitative estimate of drug-likeness (QED) is 0.633. The molecule has 0 N–H and O–H groups in total. The van der Waals surface area contributed by atoms with E-state index in [-0.39, 0.29) is 5.92 Å². The first-order valence-corrected chi connectivity index (χ1v) is 3.87. The summed E-state index contributed by atoms with van der Waals surface area (Å²) in [6.45, 7) is 1.41. The number of alkyl halides is 3. The molecule has 70 valence electrons. The molecule has 2 nitrogen and oxygen atoms in total. The first kappa shape index (κ1) is 9.35. The number of hydrogen-bond acceptors (Lipinski definition) is 2. The Labute approximate surface area is 69.0 Å². The molecule has 0 aromatic heterocycles. The van der Waals surface area contributed by atoms with Crippen molar-refractivity contribution >= 4 is 6.21 Å². The highest BCUT2D eigenvalue weighted by molar-refractivity contribution is 5.62. The molecule has 0 spiro atoms. The minimum absolute atomic E-state index is 0.187. The Bertz CT molecular complexity index is 176. The molecule has 0 aromatic rings. The summed E-state index contributed by atoms with van der Waals surface area (Å²) in [6, 6.07) is 0. The van der Waals surface area contributed by atoms with Crippen molar-refractivity contribution in [3.05, 3.63) is 0 Å². The summed E-state index contributed by atoms with van der Waals surface area (Å²) in [6.07, 6.45) is -1.70. The average Bonchev–Trinajstić information content (AvgIpc) is 2.32. The highest BCUT2D eigenvalue weighted by Crippen LogP contribution is 2.20. The summed E-state index contributed by atoms with van der Waals surface area (Å²) in [4.78, 5) is 0. The fourth-order valence-corrected chi connectivity index (χ4v) is 1.10. The summed E-state index contributed by atoms with van der Waals surface area (Å²) >= 11 is 0. The second kappa shape index (κ2) is 3.33. The highest BCUT2D eigenvalue weighted by Gasteiger charge is 2.32. The fourth-order valence-electron chi connectivity index (χ4n) is 1.10. The van der Waals surface area contributed by atoms with Gasteiger partial charge in [0.1, 0.15) is 6.54 Å². The van der Waals surface area contributed by atoms with Gasteiger partial charge in [-0.1, -0.05) is 6.92 Å². The molecule has 1 heterocycles. The molecule has 0 amide bonds. The van der Waals surface area contributed by atoms with E-state index in [4.69, 9.17) is 0 Å². The summed E-state index contributed by atoms with van der Waals surface area (Å²) < 4.78 is 35.5. The van der Waals surface area contributed by atoms with Crippen LogP contribution in [0.15, 0.2) is 5.10 Å². The number of hydrazone groups is 1. The van der Waals surface area contributed by atoms with E-state index in [1.54, 1.807) is 6.21 Å². The van der Waals surface area contributed by atoms with Gasteiger partial charge in [-0.15, -0.1) is 0 Å². The van der Waals surface area contributed by atoms with Crippen molar-refractivity contribution in [2.75, 3.05) is 13.1 Å². The highest BCUT2D eigenvalue weighted by atomic mass is 19.4. The first-order valence-electron chi connectivity index (χ1n) is 3.87. The van der Waals surface area contributed by atoms with Gasteiger partial charge in [-0.3, -0.25) is 5.01 Å². The lowest BCUT2D eigenvalue weighted by Crippen LogP contribution is -2.30. The zero-order chi connectivity index (χ0) is 9.19. The largest absolute Gasteiger partial charge is 0.407 e. The van der Waals surface area contributed by atoms with Crippen LogP contribution in [0.3, 0.4) is 0 Å². The Morgan fingerprint density at radius 1 is 1.58 bits per heavy atom. The van der Waals surface area contributed by atoms with Gasteiger partial charge in [0.15, 0.2) is 0 Å². The van der Waals surface area contributed by atoms with E-state index in [0.29, 0.717) is 6.54 Å². The van der Waals surface area contributed by atoms with Gasteiger partial charge < -0.3 is 0 Å². The number of nitrogens with zero attached hydrogens (tertiary/aromatic N) is 2. The van der Waals surface area contributed by atoms with E-state index in [1.807, 2.05) is 6.92 Å². The maximum Gasteiger partial charge on any atom is 0.407 e. The number of rotatable bonds is 2. The van der Waals surface area contributed by atoms with Gasteiger partial charge in [-0.2, -0.15) is 18.3 Å². The fraction of sp³-hybridized carbons (Fsp3) is 0.857. The smallest absolute Gasteiger partial charge is 0.288 e. The molecular weight excluding hydrogens is 169 g/mol. The second-order valence-electron chi connectivity index (χ2n) is 2.90. The van der Waals surface area contributed by atoms with Crippen LogP contribution in [-0.4, -0.2) is 30.5 Å². The van der Waals surface area contributed by atoms with E-state index in [2.05, 4.69) is 5.10 Å². The Morgan fingerprint density at radius 3 is 2.67 bits per heavy atom. The summed E-state index contributed by atoms with van der Waals surface area (Å²) in [5.41, 5.74) is 0. The lowest BCUT2D eigenvalue weighted by Gasteiger charge is -2.16. The molecule has 0 radical (unpaired) electrons. The third-order valence-electron chi connectivity index (χ3n) is 1.77. The van der Waals surface area contributed by atoms with E-state index in [0.717, 1.165) is 11.4 Å². The molecular formula is C7H11F3N2. The van der Waals surface area contributed by atoms with Gasteiger partial charge in [0.05, 0.1) is 0 Å². The molecule has 1 atom stereocenters. The minimum atomic E-state index is -4.14. The predicted molar refractivity (Wildman–Crippen MR) is 39.9 cm³/mol. The van der Waals surface area contributed by atoms with Crippen LogP contribution >= 0.6 is 0 Å². The molecule has 0 aliphatic carbocycles. The Morgan fingerprint density at radius 2 is 2.25 bits per heavy atom. The molecule has 1 aliphatic rings. The van der Waals surface area contributed by atoms with Gasteiger partial charge in [0.2, 0.25) is 0 Å². The van der Waals surface area contributed by atoms with Crippen molar-refractivity contribution in [2.24, 2.45) is 11.0 Å². The molecule has 12 heavy (non-hydrogen) atoms. The van der Waals surface area contributed by atoms with Crippen molar-refractivity contribution in [1.82, 2.24) is 5.01 Å². The van der Waals surface area contributed by atoms with Crippen molar-refractivity contribution < 1.29 is 13.2 Å². The van der Waals surface area contributed by atoms with E-state index in [9.17, 15) is 13.2 Å². The molecule has 1 rings (SSSR count). The molecule has 0 bridgehead atoms. The maximum absolute atomic E-state index is 11.8. The van der Waals surface area contributed by atoms with Crippen LogP contribution in [0.25, 0.3) is 0 Å². The normalized spacial score (nSPS) is 23.7. The van der Waals surface area contributed by atoms with Gasteiger partial charge in [0.25, 0.3) is 0 Å². The monoisotopic (exact) mass is 180 g/mol. The Balaban J connectivity index is 2.34. The molecule has 1 unspecified atom stereocenters. The zero-order valence-corrected chi connectivity index (χ0v) is 6.80. The van der Waals surface area contributed by atoms with Gasteiger partial charge in [-0.25, -0.2) is 0 Å². The van der Waals surface area contributed by atoms with Crippen LogP contribution < -0.4 is 0 Å². The molecule has 0 aromatic carbocycles. The van der Waals surface area contributed by atoms with Crippen LogP contribution in [0, 0.1) is 5.92 Å². The van der Waals surface area contributed by atoms with Crippen molar-refractivity contribution in [3.8, 4) is 0 Å². The first-order chi connectivity index (χ1) is 5.51. The van der Waals surface area contributed by atoms with Crippen molar-refractivity contribution in [2.45, 2.75) is 19.5 Å². The lowest BCUT2D eigenvalue weighted by molar-refractivity contribution is -0.145. The number of halogens is 3.